The van der Waals surface area contributed by atoms with E-state index in [-0.39, 0.29) is 11.8 Å². The molecule has 7 nitrogen and oxygen atoms in total. The Kier molecular flexibility index (Phi) is 4.73. The lowest BCUT2D eigenvalue weighted by atomic mass is 10.1. The maximum atomic E-state index is 12.6. The average molecular weight is 374 g/mol. The molecule has 2 heterocycles. The van der Waals surface area contributed by atoms with Crippen LogP contribution >= 0.6 is 11.6 Å². The molecule has 136 valence electrons. The van der Waals surface area contributed by atoms with Gasteiger partial charge in [-0.1, -0.05) is 29.8 Å². The molecule has 0 radical (unpaired) electrons. The van der Waals surface area contributed by atoms with Crippen molar-refractivity contribution in [3.05, 3.63) is 53.3 Å². The van der Waals surface area contributed by atoms with Crippen molar-refractivity contribution in [2.75, 3.05) is 5.32 Å². The Hall–Kier alpha value is -2.80. The summed E-state index contributed by atoms with van der Waals surface area (Å²) < 4.78 is 9.01. The fourth-order valence-corrected chi connectivity index (χ4v) is 2.57. The van der Waals surface area contributed by atoms with Crippen molar-refractivity contribution in [1.82, 2.24) is 19.6 Å². The number of carbonyl (C=O) groups is 1. The SMILES string of the molecule is Cc1cc(NC(=O)C(C)(C)Oc2nn(-c3ccccc3)cc2Cl)n(C)n1. The first kappa shape index (κ1) is 18.0. The van der Waals surface area contributed by atoms with Gasteiger partial charge >= 0.3 is 0 Å². The van der Waals surface area contributed by atoms with Gasteiger partial charge in [-0.05, 0) is 32.9 Å². The fraction of sp³-hybridized carbons (Fsp3) is 0.278. The Morgan fingerprint density at radius 1 is 1.23 bits per heavy atom. The summed E-state index contributed by atoms with van der Waals surface area (Å²) in [5, 5.41) is 11.7. The quantitative estimate of drug-likeness (QED) is 0.744. The van der Waals surface area contributed by atoms with Gasteiger partial charge in [-0.2, -0.15) is 5.10 Å². The van der Waals surface area contributed by atoms with Crippen molar-refractivity contribution in [1.29, 1.82) is 0 Å². The van der Waals surface area contributed by atoms with E-state index in [1.807, 2.05) is 37.3 Å². The number of aryl methyl sites for hydroxylation is 2. The first-order chi connectivity index (χ1) is 12.3. The van der Waals surface area contributed by atoms with E-state index in [2.05, 4.69) is 15.5 Å². The molecule has 3 rings (SSSR count). The third-order valence-corrected chi connectivity index (χ3v) is 4.06. The van der Waals surface area contributed by atoms with Crippen LogP contribution in [-0.4, -0.2) is 31.1 Å². The standard InChI is InChI=1S/C18H20ClN5O2/c1-12-10-15(23(4)21-12)20-17(25)18(2,3)26-16-14(19)11-24(22-16)13-8-6-5-7-9-13/h5-11H,1-4H3,(H,20,25). The molecule has 1 N–H and O–H groups in total. The first-order valence-electron chi connectivity index (χ1n) is 8.08. The summed E-state index contributed by atoms with van der Waals surface area (Å²) in [6, 6.07) is 11.3. The van der Waals surface area contributed by atoms with Gasteiger partial charge in [-0.25, -0.2) is 4.68 Å². The molecule has 0 bridgehead atoms. The van der Waals surface area contributed by atoms with Crippen LogP contribution in [0.4, 0.5) is 5.82 Å². The van der Waals surface area contributed by atoms with Gasteiger partial charge in [0.1, 0.15) is 10.8 Å². The molecule has 0 unspecified atom stereocenters. The molecule has 0 saturated carbocycles. The van der Waals surface area contributed by atoms with Crippen LogP contribution in [0.5, 0.6) is 5.88 Å². The lowest BCUT2D eigenvalue weighted by molar-refractivity contribution is -0.128. The van der Waals surface area contributed by atoms with Crippen LogP contribution in [0.2, 0.25) is 5.02 Å². The highest BCUT2D eigenvalue weighted by Crippen LogP contribution is 2.28. The van der Waals surface area contributed by atoms with Gasteiger partial charge in [0.15, 0.2) is 5.60 Å². The van der Waals surface area contributed by atoms with Crippen LogP contribution in [0.15, 0.2) is 42.6 Å². The summed E-state index contributed by atoms with van der Waals surface area (Å²) in [4.78, 5) is 12.6. The zero-order chi connectivity index (χ0) is 18.9. The number of carbonyl (C=O) groups excluding carboxylic acids is 1. The van der Waals surface area contributed by atoms with Crippen LogP contribution in [0.25, 0.3) is 5.69 Å². The highest BCUT2D eigenvalue weighted by Gasteiger charge is 2.32. The highest BCUT2D eigenvalue weighted by atomic mass is 35.5. The first-order valence-corrected chi connectivity index (χ1v) is 8.46. The number of rotatable bonds is 5. The van der Waals surface area contributed by atoms with Crippen molar-refractivity contribution in [2.45, 2.75) is 26.4 Å². The zero-order valence-electron chi connectivity index (χ0n) is 15.0. The number of para-hydroxylation sites is 1. The summed E-state index contributed by atoms with van der Waals surface area (Å²) >= 11 is 6.24. The number of hydrogen-bond donors (Lipinski definition) is 1. The average Bonchev–Trinajstić information content (AvgIpc) is 3.10. The molecule has 0 aliphatic heterocycles. The van der Waals surface area contributed by atoms with Crippen LogP contribution in [0, 0.1) is 6.92 Å². The van der Waals surface area contributed by atoms with Crippen molar-refractivity contribution >= 4 is 23.3 Å². The van der Waals surface area contributed by atoms with Crippen LogP contribution in [0.1, 0.15) is 19.5 Å². The molecule has 1 amide bonds. The van der Waals surface area contributed by atoms with Gasteiger partial charge in [0.2, 0.25) is 0 Å². The van der Waals surface area contributed by atoms with E-state index in [0.29, 0.717) is 10.8 Å². The van der Waals surface area contributed by atoms with Crippen LogP contribution in [0.3, 0.4) is 0 Å². The predicted molar refractivity (Wildman–Crippen MR) is 99.9 cm³/mol. The Balaban J connectivity index is 1.77. The normalized spacial score (nSPS) is 11.4. The number of aromatic nitrogens is 4. The molecule has 0 atom stereocenters. The highest BCUT2D eigenvalue weighted by molar-refractivity contribution is 6.31. The number of nitrogens with zero attached hydrogens (tertiary/aromatic N) is 4. The summed E-state index contributed by atoms with van der Waals surface area (Å²) in [6.45, 7) is 5.17. The van der Waals surface area contributed by atoms with Gasteiger partial charge in [-0.15, -0.1) is 5.10 Å². The second kappa shape index (κ2) is 6.84. The van der Waals surface area contributed by atoms with Crippen molar-refractivity contribution < 1.29 is 9.53 Å². The number of hydrogen-bond acceptors (Lipinski definition) is 4. The molecule has 0 aliphatic rings. The maximum absolute atomic E-state index is 12.6. The number of ether oxygens (including phenoxy) is 1. The Labute approximate surface area is 156 Å². The second-order valence-electron chi connectivity index (χ2n) is 6.42. The molecule has 8 heteroatoms. The smallest absolute Gasteiger partial charge is 0.269 e. The van der Waals surface area contributed by atoms with E-state index in [1.54, 1.807) is 42.5 Å². The van der Waals surface area contributed by atoms with E-state index in [4.69, 9.17) is 16.3 Å². The van der Waals surface area contributed by atoms with E-state index < -0.39 is 5.60 Å². The number of nitrogens with one attached hydrogen (secondary N) is 1. The molecule has 0 saturated heterocycles. The minimum Gasteiger partial charge on any atom is -0.459 e. The van der Waals surface area contributed by atoms with Gasteiger partial charge < -0.3 is 10.1 Å². The molecular weight excluding hydrogens is 354 g/mol. The molecule has 2 aromatic heterocycles. The molecule has 0 fully saturated rings. The van der Waals surface area contributed by atoms with Crippen LogP contribution in [-0.2, 0) is 11.8 Å². The molecule has 0 spiro atoms. The maximum Gasteiger partial charge on any atom is 0.269 e. The molecular formula is C18H20ClN5O2. The van der Waals surface area contributed by atoms with Gasteiger partial charge in [-0.3, -0.25) is 9.48 Å². The fourth-order valence-electron chi connectivity index (χ4n) is 2.40. The number of anilines is 1. The third-order valence-electron chi connectivity index (χ3n) is 3.80. The minimum absolute atomic E-state index is 0.192. The van der Waals surface area contributed by atoms with Gasteiger partial charge in [0.05, 0.1) is 17.6 Å². The van der Waals surface area contributed by atoms with E-state index in [0.717, 1.165) is 11.4 Å². The predicted octanol–water partition coefficient (Wildman–Crippen LogP) is 3.36. The number of benzene rings is 1. The van der Waals surface area contributed by atoms with E-state index >= 15 is 0 Å². The van der Waals surface area contributed by atoms with E-state index in [1.165, 1.54) is 0 Å². The number of amides is 1. The second-order valence-corrected chi connectivity index (χ2v) is 6.83. The summed E-state index contributed by atoms with van der Waals surface area (Å²) in [5.41, 5.74) is 0.473. The third kappa shape index (κ3) is 3.72. The largest absolute Gasteiger partial charge is 0.459 e. The van der Waals surface area contributed by atoms with Gasteiger partial charge in [0.25, 0.3) is 11.8 Å². The van der Waals surface area contributed by atoms with Crippen molar-refractivity contribution in [2.24, 2.45) is 7.05 Å². The molecule has 0 aliphatic carbocycles. The Morgan fingerprint density at radius 2 is 1.92 bits per heavy atom. The monoisotopic (exact) mass is 373 g/mol. The topological polar surface area (TPSA) is 74.0 Å². The van der Waals surface area contributed by atoms with Crippen molar-refractivity contribution in [3.8, 4) is 11.6 Å². The molecule has 1 aromatic carbocycles. The number of halogens is 1. The summed E-state index contributed by atoms with van der Waals surface area (Å²) in [5.74, 6) is 0.452. The van der Waals surface area contributed by atoms with Gasteiger partial charge in [0, 0.05) is 13.1 Å². The van der Waals surface area contributed by atoms with E-state index in [9.17, 15) is 4.79 Å². The minimum atomic E-state index is -1.18. The lowest BCUT2D eigenvalue weighted by Crippen LogP contribution is -2.43. The molecule has 26 heavy (non-hydrogen) atoms. The zero-order valence-corrected chi connectivity index (χ0v) is 15.8. The van der Waals surface area contributed by atoms with Crippen molar-refractivity contribution in [3.63, 3.8) is 0 Å². The summed E-state index contributed by atoms with van der Waals surface area (Å²) in [6.07, 6.45) is 1.64. The molecule has 3 aromatic rings. The summed E-state index contributed by atoms with van der Waals surface area (Å²) in [7, 11) is 1.76. The Bertz CT molecular complexity index is 930. The lowest BCUT2D eigenvalue weighted by Gasteiger charge is -2.24. The van der Waals surface area contributed by atoms with Crippen LogP contribution < -0.4 is 10.1 Å². The Morgan fingerprint density at radius 3 is 2.54 bits per heavy atom.